The van der Waals surface area contributed by atoms with Crippen molar-refractivity contribution in [3.8, 4) is 56.3 Å². The van der Waals surface area contributed by atoms with E-state index in [0.717, 1.165) is 72.7 Å². The SMILES string of the molecule is CN1CC=C(c2ccc(-c3ccc(-c4cn[nH]c4)cc3O)nn2)CC1.Cl.Cl.Cl.Cl.Cl.Cl.Oc1cc(-c2cn[nH]c2)ccc1-c1ccc(C2=CCNCC2)nn1. The lowest BCUT2D eigenvalue weighted by molar-refractivity contribution is 0.369. The molecule has 0 radical (unpaired) electrons. The minimum Gasteiger partial charge on any atom is -0.507 e. The molecule has 5 N–H and O–H groups in total. The van der Waals surface area contributed by atoms with E-state index in [1.165, 1.54) is 11.1 Å². The fourth-order valence-corrected chi connectivity index (χ4v) is 5.83. The van der Waals surface area contributed by atoms with Crippen LogP contribution in [-0.2, 0) is 0 Å². The van der Waals surface area contributed by atoms with Crippen molar-refractivity contribution in [2.75, 3.05) is 33.2 Å². The van der Waals surface area contributed by atoms with E-state index in [-0.39, 0.29) is 85.9 Å². The molecule has 0 bridgehead atoms. The van der Waals surface area contributed by atoms with Crippen LogP contribution in [0.3, 0.4) is 0 Å². The molecule has 0 saturated heterocycles. The summed E-state index contributed by atoms with van der Waals surface area (Å²) < 4.78 is 0. The van der Waals surface area contributed by atoms with Gasteiger partial charge in [-0.2, -0.15) is 20.4 Å². The molecular weight excluding hydrogens is 829 g/mol. The molecule has 8 rings (SSSR count). The molecule has 0 spiro atoms. The summed E-state index contributed by atoms with van der Waals surface area (Å²) in [6.07, 6.45) is 13.3. The number of aromatic amines is 2. The van der Waals surface area contributed by atoms with Gasteiger partial charge in [-0.3, -0.25) is 10.2 Å². The highest BCUT2D eigenvalue weighted by Crippen LogP contribution is 2.34. The Labute approximate surface area is 356 Å². The third-order valence-electron chi connectivity index (χ3n) is 8.67. The van der Waals surface area contributed by atoms with E-state index in [1.54, 1.807) is 36.9 Å². The second-order valence-electron chi connectivity index (χ2n) is 12.0. The number of H-pyrrole nitrogens is 2. The summed E-state index contributed by atoms with van der Waals surface area (Å²) in [7, 11) is 2.11. The van der Waals surface area contributed by atoms with E-state index in [1.807, 2.05) is 48.5 Å². The van der Waals surface area contributed by atoms with E-state index in [9.17, 15) is 10.2 Å². The summed E-state index contributed by atoms with van der Waals surface area (Å²) >= 11 is 0. The van der Waals surface area contributed by atoms with E-state index in [0.29, 0.717) is 22.5 Å². The number of rotatable bonds is 6. The summed E-state index contributed by atoms with van der Waals surface area (Å²) in [5.74, 6) is 0.357. The maximum absolute atomic E-state index is 10.4. The molecule has 0 aliphatic carbocycles. The molecule has 0 atom stereocenters. The molecule has 2 aromatic carbocycles. The summed E-state index contributed by atoms with van der Waals surface area (Å²) in [6, 6.07) is 18.8. The van der Waals surface area contributed by atoms with Crippen LogP contribution in [-0.4, -0.2) is 89.1 Å². The first-order valence-electron chi connectivity index (χ1n) is 16.1. The first-order chi connectivity index (χ1) is 24.0. The zero-order valence-corrected chi connectivity index (χ0v) is 34.4. The van der Waals surface area contributed by atoms with Crippen LogP contribution in [0.5, 0.6) is 11.5 Å². The van der Waals surface area contributed by atoms with Crippen molar-refractivity contribution in [3.63, 3.8) is 0 Å². The topological polar surface area (TPSA) is 165 Å². The van der Waals surface area contributed by atoms with Gasteiger partial charge in [0.2, 0.25) is 0 Å². The van der Waals surface area contributed by atoms with Crippen molar-refractivity contribution in [2.24, 2.45) is 0 Å². The largest absolute Gasteiger partial charge is 0.507 e. The standard InChI is InChI=1S/C19H19N5O.C18H17N5O.6ClH/c1-24-8-6-13(7-9-24)17-4-5-18(23-22-17)16-3-2-14(10-19(16)25)15-11-20-21-12-15;24-18-9-13(14-10-20-21-11-14)1-2-15(18)17-4-3-16(22-23-17)12-5-7-19-8-6-12;;;;;;/h2-6,10-12,25H,7-9H2,1H3,(H,20,21);1-5,9-11,19,24H,6-8H2,(H,20,21);6*1H. The molecule has 6 heterocycles. The molecule has 12 nitrogen and oxygen atoms in total. The van der Waals surface area contributed by atoms with Crippen molar-refractivity contribution >= 4 is 85.6 Å². The Kier molecular flexibility index (Phi) is 20.4. The van der Waals surface area contributed by atoms with Gasteiger partial charge in [-0.25, -0.2) is 0 Å². The van der Waals surface area contributed by atoms with Crippen LogP contribution in [0.1, 0.15) is 24.2 Å². The maximum atomic E-state index is 10.4. The lowest BCUT2D eigenvalue weighted by atomic mass is 10.0. The van der Waals surface area contributed by atoms with Gasteiger partial charge >= 0.3 is 0 Å². The quantitative estimate of drug-likeness (QED) is 0.111. The van der Waals surface area contributed by atoms with Gasteiger partial charge in [-0.15, -0.1) is 84.6 Å². The Morgan fingerprint density at radius 1 is 0.564 bits per heavy atom. The van der Waals surface area contributed by atoms with Gasteiger partial charge in [0, 0.05) is 54.3 Å². The zero-order valence-electron chi connectivity index (χ0n) is 29.5. The van der Waals surface area contributed by atoms with E-state index < -0.39 is 0 Å². The van der Waals surface area contributed by atoms with Crippen molar-refractivity contribution < 1.29 is 10.2 Å². The van der Waals surface area contributed by atoms with Crippen molar-refractivity contribution in [1.82, 2.24) is 51.0 Å². The number of phenolic OH excluding ortho intramolecular Hbond substituents is 2. The Bertz CT molecular complexity index is 2100. The van der Waals surface area contributed by atoms with Crippen molar-refractivity contribution in [3.05, 3.63) is 109 Å². The Balaban J connectivity index is 0.000000496. The molecule has 55 heavy (non-hydrogen) atoms. The van der Waals surface area contributed by atoms with Gasteiger partial charge in [0.25, 0.3) is 0 Å². The summed E-state index contributed by atoms with van der Waals surface area (Å²) in [6.45, 7) is 3.81. The average molecular weight is 872 g/mol. The first kappa shape index (κ1) is 48.8. The average Bonchev–Trinajstić information content (AvgIpc) is 3.89. The Morgan fingerprint density at radius 3 is 1.40 bits per heavy atom. The van der Waals surface area contributed by atoms with Gasteiger partial charge in [-0.05, 0) is 97.2 Å². The number of nitrogens with one attached hydrogen (secondary N) is 3. The minimum absolute atomic E-state index is 0. The fourth-order valence-electron chi connectivity index (χ4n) is 5.83. The van der Waals surface area contributed by atoms with E-state index in [2.05, 4.69) is 70.2 Å². The van der Waals surface area contributed by atoms with Crippen molar-refractivity contribution in [2.45, 2.75) is 12.8 Å². The number of hydrogen-bond donors (Lipinski definition) is 5. The third-order valence-corrected chi connectivity index (χ3v) is 8.67. The number of phenols is 2. The molecule has 0 unspecified atom stereocenters. The van der Waals surface area contributed by atoms with Crippen LogP contribution < -0.4 is 5.32 Å². The highest BCUT2D eigenvalue weighted by molar-refractivity contribution is 5.86. The fraction of sp³-hybridized carbons (Fsp3) is 0.189. The highest BCUT2D eigenvalue weighted by Gasteiger charge is 2.14. The first-order valence-corrected chi connectivity index (χ1v) is 16.1. The Hall–Kier alpha value is -4.24. The normalized spacial score (nSPS) is 13.2. The molecule has 0 saturated carbocycles. The van der Waals surface area contributed by atoms with E-state index >= 15 is 0 Å². The van der Waals surface area contributed by atoms with Crippen LogP contribution in [0.25, 0.3) is 55.9 Å². The van der Waals surface area contributed by atoms with Crippen LogP contribution in [0.2, 0.25) is 0 Å². The predicted molar refractivity (Wildman–Crippen MR) is 232 cm³/mol. The molecule has 294 valence electrons. The molecule has 0 amide bonds. The number of hydrogen-bond acceptors (Lipinski definition) is 10. The van der Waals surface area contributed by atoms with Gasteiger partial charge in [-0.1, -0.05) is 24.3 Å². The molecule has 18 heteroatoms. The Morgan fingerprint density at radius 2 is 1.04 bits per heavy atom. The van der Waals surface area contributed by atoms with E-state index in [4.69, 9.17) is 0 Å². The van der Waals surface area contributed by atoms with Crippen LogP contribution in [0.4, 0.5) is 0 Å². The van der Waals surface area contributed by atoms with Crippen LogP contribution in [0, 0.1) is 0 Å². The smallest absolute Gasteiger partial charge is 0.125 e. The predicted octanol–water partition coefficient (Wildman–Crippen LogP) is 8.11. The third kappa shape index (κ3) is 11.9. The molecule has 2 aliphatic heterocycles. The summed E-state index contributed by atoms with van der Waals surface area (Å²) in [5.41, 5.74) is 10.6. The summed E-state index contributed by atoms with van der Waals surface area (Å²) in [5, 5.41) is 54.7. The molecule has 6 aromatic rings. The number of benzene rings is 2. The number of aromatic hydroxyl groups is 2. The van der Waals surface area contributed by atoms with Gasteiger partial charge < -0.3 is 20.4 Å². The van der Waals surface area contributed by atoms with Gasteiger partial charge in [0.15, 0.2) is 0 Å². The zero-order chi connectivity index (χ0) is 33.6. The molecule has 2 aliphatic rings. The number of likely N-dealkylation sites (N-methyl/N-ethyl adjacent to an activating group) is 1. The lowest BCUT2D eigenvalue weighted by Crippen LogP contribution is -2.23. The van der Waals surface area contributed by atoms with Gasteiger partial charge in [0.1, 0.15) is 11.5 Å². The minimum atomic E-state index is 0. The molecule has 4 aromatic heterocycles. The highest BCUT2D eigenvalue weighted by atomic mass is 35.5. The lowest BCUT2D eigenvalue weighted by Gasteiger charge is -2.21. The van der Waals surface area contributed by atoms with Gasteiger partial charge in [0.05, 0.1) is 35.2 Å². The number of nitrogens with zero attached hydrogens (tertiary/aromatic N) is 7. The molecular formula is C37H42Cl6N10O2. The van der Waals surface area contributed by atoms with Crippen LogP contribution >= 0.6 is 74.4 Å². The number of aromatic nitrogens is 8. The second kappa shape index (κ2) is 23.0. The van der Waals surface area contributed by atoms with Crippen molar-refractivity contribution in [1.29, 1.82) is 0 Å². The van der Waals surface area contributed by atoms with Crippen LogP contribution in [0.15, 0.2) is 97.6 Å². The second-order valence-corrected chi connectivity index (χ2v) is 12.0. The molecule has 0 fully saturated rings. The monoisotopic (exact) mass is 868 g/mol. The number of halogens is 6. The summed E-state index contributed by atoms with van der Waals surface area (Å²) in [4.78, 5) is 2.27. The maximum Gasteiger partial charge on any atom is 0.125 e.